The van der Waals surface area contributed by atoms with E-state index in [1.165, 1.54) is 11.1 Å². The summed E-state index contributed by atoms with van der Waals surface area (Å²) in [5.41, 5.74) is 2.59. The van der Waals surface area contributed by atoms with Gasteiger partial charge >= 0.3 is 0 Å². The zero-order chi connectivity index (χ0) is 15.5. The molecule has 0 N–H and O–H groups in total. The van der Waals surface area contributed by atoms with E-state index in [1.54, 1.807) is 0 Å². The average molecular weight is 300 g/mol. The molecule has 4 heteroatoms. The molecule has 3 rings (SSSR count). The number of benzene rings is 1. The SMILES string of the molecule is CCCCN1C[C@@H](C(=O)N2CCc3ccccc3C2)CC1=O. The van der Waals surface area contributed by atoms with E-state index in [0.29, 0.717) is 19.5 Å². The predicted octanol–water partition coefficient (Wildman–Crippen LogP) is 2.22. The van der Waals surface area contributed by atoms with E-state index in [2.05, 4.69) is 25.1 Å². The molecule has 0 bridgehead atoms. The maximum absolute atomic E-state index is 12.7. The minimum Gasteiger partial charge on any atom is -0.342 e. The minimum atomic E-state index is -0.144. The third-order valence-corrected chi connectivity index (χ3v) is 4.79. The van der Waals surface area contributed by atoms with Crippen LogP contribution in [0.5, 0.6) is 0 Å². The van der Waals surface area contributed by atoms with Crippen molar-refractivity contribution >= 4 is 11.8 Å². The second kappa shape index (κ2) is 6.51. The van der Waals surface area contributed by atoms with Crippen molar-refractivity contribution in [2.75, 3.05) is 19.6 Å². The van der Waals surface area contributed by atoms with Gasteiger partial charge in [-0.05, 0) is 24.0 Å². The number of carbonyl (C=O) groups is 2. The fourth-order valence-corrected chi connectivity index (χ4v) is 3.44. The molecule has 2 amide bonds. The van der Waals surface area contributed by atoms with Gasteiger partial charge in [0.15, 0.2) is 0 Å². The first-order chi connectivity index (χ1) is 10.7. The number of hydrogen-bond acceptors (Lipinski definition) is 2. The van der Waals surface area contributed by atoms with Gasteiger partial charge in [-0.1, -0.05) is 37.6 Å². The number of rotatable bonds is 4. The van der Waals surface area contributed by atoms with Gasteiger partial charge in [0.2, 0.25) is 11.8 Å². The highest BCUT2D eigenvalue weighted by Gasteiger charge is 2.36. The minimum absolute atomic E-state index is 0.143. The zero-order valence-electron chi connectivity index (χ0n) is 13.3. The van der Waals surface area contributed by atoms with Crippen molar-refractivity contribution in [3.05, 3.63) is 35.4 Å². The summed E-state index contributed by atoms with van der Waals surface area (Å²) < 4.78 is 0. The summed E-state index contributed by atoms with van der Waals surface area (Å²) in [6, 6.07) is 8.32. The molecule has 1 aromatic rings. The number of unbranched alkanes of at least 4 members (excludes halogenated alkanes) is 1. The lowest BCUT2D eigenvalue weighted by molar-refractivity contribution is -0.136. The number of nitrogens with zero attached hydrogens (tertiary/aromatic N) is 2. The molecule has 1 fully saturated rings. The Balaban J connectivity index is 1.62. The zero-order valence-corrected chi connectivity index (χ0v) is 13.3. The molecule has 0 aliphatic carbocycles. The summed E-state index contributed by atoms with van der Waals surface area (Å²) >= 11 is 0. The topological polar surface area (TPSA) is 40.6 Å². The third-order valence-electron chi connectivity index (χ3n) is 4.79. The average Bonchev–Trinajstić information content (AvgIpc) is 2.92. The first-order valence-corrected chi connectivity index (χ1v) is 8.32. The van der Waals surface area contributed by atoms with E-state index in [9.17, 15) is 9.59 Å². The Morgan fingerprint density at radius 1 is 1.27 bits per heavy atom. The van der Waals surface area contributed by atoms with Crippen LogP contribution in [-0.4, -0.2) is 41.2 Å². The van der Waals surface area contributed by atoms with Crippen LogP contribution < -0.4 is 0 Å². The molecule has 22 heavy (non-hydrogen) atoms. The molecule has 0 radical (unpaired) electrons. The van der Waals surface area contributed by atoms with E-state index in [1.807, 2.05) is 15.9 Å². The Labute approximate surface area is 132 Å². The Kier molecular flexibility index (Phi) is 4.46. The van der Waals surface area contributed by atoms with Gasteiger partial charge in [0.05, 0.1) is 5.92 Å². The van der Waals surface area contributed by atoms with Crippen LogP contribution in [0, 0.1) is 5.92 Å². The first kappa shape index (κ1) is 15.1. The highest BCUT2D eigenvalue weighted by atomic mass is 16.2. The molecule has 0 unspecified atom stereocenters. The fourth-order valence-electron chi connectivity index (χ4n) is 3.44. The van der Waals surface area contributed by atoms with Crippen molar-refractivity contribution in [2.24, 2.45) is 5.92 Å². The predicted molar refractivity (Wildman–Crippen MR) is 85.2 cm³/mol. The lowest BCUT2D eigenvalue weighted by Gasteiger charge is -2.30. The molecule has 2 heterocycles. The summed E-state index contributed by atoms with van der Waals surface area (Å²) in [6.45, 7) is 4.98. The van der Waals surface area contributed by atoms with Crippen molar-refractivity contribution in [2.45, 2.75) is 39.2 Å². The highest BCUT2D eigenvalue weighted by Crippen LogP contribution is 2.24. The number of hydrogen-bond donors (Lipinski definition) is 0. The Morgan fingerprint density at radius 3 is 2.82 bits per heavy atom. The second-order valence-electron chi connectivity index (χ2n) is 6.37. The van der Waals surface area contributed by atoms with Gasteiger partial charge in [-0.25, -0.2) is 0 Å². The quantitative estimate of drug-likeness (QED) is 0.855. The molecule has 0 aromatic heterocycles. The van der Waals surface area contributed by atoms with Crippen LogP contribution in [0.4, 0.5) is 0 Å². The van der Waals surface area contributed by atoms with Crippen molar-refractivity contribution in [1.82, 2.24) is 9.80 Å². The van der Waals surface area contributed by atoms with Crippen molar-refractivity contribution in [3.63, 3.8) is 0 Å². The van der Waals surface area contributed by atoms with Crippen molar-refractivity contribution < 1.29 is 9.59 Å². The van der Waals surface area contributed by atoms with Gasteiger partial charge in [0.1, 0.15) is 0 Å². The van der Waals surface area contributed by atoms with E-state index >= 15 is 0 Å². The van der Waals surface area contributed by atoms with Gasteiger partial charge < -0.3 is 9.80 Å². The fraction of sp³-hybridized carbons (Fsp3) is 0.556. The lowest BCUT2D eigenvalue weighted by Crippen LogP contribution is -2.40. The van der Waals surface area contributed by atoms with Crippen LogP contribution in [0.3, 0.4) is 0 Å². The Hall–Kier alpha value is -1.84. The number of carbonyl (C=O) groups excluding carboxylic acids is 2. The summed E-state index contributed by atoms with van der Waals surface area (Å²) in [5.74, 6) is 0.153. The summed E-state index contributed by atoms with van der Waals surface area (Å²) in [5, 5.41) is 0. The highest BCUT2D eigenvalue weighted by molar-refractivity contribution is 5.89. The maximum Gasteiger partial charge on any atom is 0.228 e. The Morgan fingerprint density at radius 2 is 2.05 bits per heavy atom. The van der Waals surface area contributed by atoms with Crippen LogP contribution in [0.25, 0.3) is 0 Å². The Bertz CT molecular complexity index is 570. The number of likely N-dealkylation sites (tertiary alicyclic amines) is 1. The van der Waals surface area contributed by atoms with Gasteiger partial charge in [-0.3, -0.25) is 9.59 Å². The molecule has 1 atom stereocenters. The summed E-state index contributed by atoms with van der Waals surface area (Å²) in [4.78, 5) is 28.6. The van der Waals surface area contributed by atoms with Crippen molar-refractivity contribution in [1.29, 1.82) is 0 Å². The summed E-state index contributed by atoms with van der Waals surface area (Å²) in [7, 11) is 0. The molecule has 0 spiro atoms. The van der Waals surface area contributed by atoms with Crippen molar-refractivity contribution in [3.8, 4) is 0 Å². The smallest absolute Gasteiger partial charge is 0.228 e. The first-order valence-electron chi connectivity index (χ1n) is 8.32. The molecule has 1 aromatic carbocycles. The molecule has 118 valence electrons. The molecule has 0 saturated carbocycles. The van der Waals surface area contributed by atoms with Crippen LogP contribution >= 0.6 is 0 Å². The normalized spacial score (nSPS) is 21.1. The molecular formula is C18H24N2O2. The van der Waals surface area contributed by atoms with Crippen LogP contribution in [0.1, 0.15) is 37.3 Å². The van der Waals surface area contributed by atoms with E-state index < -0.39 is 0 Å². The van der Waals surface area contributed by atoms with Crippen LogP contribution in [0.2, 0.25) is 0 Å². The van der Waals surface area contributed by atoms with Gasteiger partial charge in [-0.2, -0.15) is 0 Å². The number of fused-ring (bicyclic) bond motifs is 1. The molecular weight excluding hydrogens is 276 g/mol. The van der Waals surface area contributed by atoms with E-state index in [0.717, 1.165) is 32.4 Å². The van der Waals surface area contributed by atoms with Gasteiger partial charge in [0, 0.05) is 32.6 Å². The largest absolute Gasteiger partial charge is 0.342 e. The van der Waals surface area contributed by atoms with Crippen LogP contribution in [0.15, 0.2) is 24.3 Å². The molecule has 2 aliphatic rings. The maximum atomic E-state index is 12.7. The number of amides is 2. The van der Waals surface area contributed by atoms with E-state index in [4.69, 9.17) is 0 Å². The third kappa shape index (κ3) is 3.01. The van der Waals surface area contributed by atoms with E-state index in [-0.39, 0.29) is 17.7 Å². The second-order valence-corrected chi connectivity index (χ2v) is 6.37. The lowest BCUT2D eigenvalue weighted by atomic mass is 9.98. The monoisotopic (exact) mass is 300 g/mol. The molecule has 1 saturated heterocycles. The molecule has 2 aliphatic heterocycles. The van der Waals surface area contributed by atoms with Gasteiger partial charge in [0.25, 0.3) is 0 Å². The summed E-state index contributed by atoms with van der Waals surface area (Å²) in [6.07, 6.45) is 3.40. The standard InChI is InChI=1S/C18H24N2O2/c1-2-3-9-19-13-16(11-17(19)21)18(22)20-10-8-14-6-4-5-7-15(14)12-20/h4-7,16H,2-3,8-13H2,1H3/t16-/m0/s1. The van der Waals surface area contributed by atoms with Crippen LogP contribution in [-0.2, 0) is 22.6 Å². The van der Waals surface area contributed by atoms with Gasteiger partial charge in [-0.15, -0.1) is 0 Å². The molecule has 4 nitrogen and oxygen atoms in total.